The van der Waals surface area contributed by atoms with E-state index in [1.807, 2.05) is 11.8 Å². The van der Waals surface area contributed by atoms with Crippen molar-refractivity contribution in [3.05, 3.63) is 59.4 Å². The summed E-state index contributed by atoms with van der Waals surface area (Å²) in [4.78, 5) is 34.9. The van der Waals surface area contributed by atoms with E-state index in [2.05, 4.69) is 15.3 Å². The van der Waals surface area contributed by atoms with Gasteiger partial charge in [-0.15, -0.1) is 0 Å². The van der Waals surface area contributed by atoms with E-state index in [4.69, 9.17) is 0 Å². The summed E-state index contributed by atoms with van der Waals surface area (Å²) in [5.74, 6) is -0.401. The van der Waals surface area contributed by atoms with Crippen LogP contribution in [0.2, 0.25) is 0 Å². The van der Waals surface area contributed by atoms with E-state index in [1.54, 1.807) is 18.3 Å². The normalized spacial score (nSPS) is 17.1. The highest BCUT2D eigenvalue weighted by Crippen LogP contribution is 2.14. The predicted molar refractivity (Wildman–Crippen MR) is 103 cm³/mol. The molecule has 1 saturated heterocycles. The Balaban J connectivity index is 1.47. The van der Waals surface area contributed by atoms with Gasteiger partial charge in [-0.1, -0.05) is 12.1 Å². The number of hydrogen-bond acceptors (Lipinski definition) is 4. The van der Waals surface area contributed by atoms with Crippen molar-refractivity contribution in [3.63, 3.8) is 0 Å². The van der Waals surface area contributed by atoms with Crippen molar-refractivity contribution in [2.75, 3.05) is 13.1 Å². The summed E-state index contributed by atoms with van der Waals surface area (Å²) in [5, 5.41) is 3.00. The molecule has 148 valence electrons. The first-order chi connectivity index (χ1) is 13.5. The van der Waals surface area contributed by atoms with Crippen LogP contribution < -0.4 is 5.32 Å². The molecule has 3 rings (SSSR count). The van der Waals surface area contributed by atoms with Crippen LogP contribution >= 0.6 is 0 Å². The third-order valence-electron chi connectivity index (χ3n) is 4.97. The second-order valence-corrected chi connectivity index (χ2v) is 7.15. The van der Waals surface area contributed by atoms with Crippen LogP contribution in [0.4, 0.5) is 4.39 Å². The molecule has 6 nitrogen and oxygen atoms in total. The van der Waals surface area contributed by atoms with Gasteiger partial charge in [-0.05, 0) is 50.3 Å². The van der Waals surface area contributed by atoms with Gasteiger partial charge in [0.2, 0.25) is 5.91 Å². The third-order valence-corrected chi connectivity index (χ3v) is 4.97. The molecule has 2 amide bonds. The highest BCUT2D eigenvalue weighted by atomic mass is 19.1. The molecular weight excluding hydrogens is 359 g/mol. The summed E-state index contributed by atoms with van der Waals surface area (Å²) in [6.07, 6.45) is 6.44. The van der Waals surface area contributed by atoms with Gasteiger partial charge in [0.1, 0.15) is 11.5 Å². The molecule has 2 aromatic rings. The Morgan fingerprint density at radius 2 is 1.93 bits per heavy atom. The monoisotopic (exact) mass is 384 g/mol. The highest BCUT2D eigenvalue weighted by Gasteiger charge is 2.22. The molecule has 1 unspecified atom stereocenters. The van der Waals surface area contributed by atoms with Crippen LogP contribution in [0.1, 0.15) is 47.4 Å². The molecule has 1 aliphatic rings. The SMILES string of the molecule is Cc1cnc(C(=O)NC2CCCN(C(=O)CCc3ccc(F)cc3)CC2)cn1. The quantitative estimate of drug-likeness (QED) is 0.860. The number of carbonyl (C=O) groups excluding carboxylic acids is 2. The number of hydrogen-bond donors (Lipinski definition) is 1. The molecule has 1 aliphatic heterocycles. The van der Waals surface area contributed by atoms with Gasteiger partial charge in [-0.25, -0.2) is 9.37 Å². The summed E-state index contributed by atoms with van der Waals surface area (Å²) in [6.45, 7) is 3.13. The molecule has 2 heterocycles. The molecule has 1 fully saturated rings. The zero-order chi connectivity index (χ0) is 19.9. The Bertz CT molecular complexity index is 808. The van der Waals surface area contributed by atoms with Gasteiger partial charge in [0.15, 0.2) is 0 Å². The number of nitrogens with one attached hydrogen (secondary N) is 1. The predicted octanol–water partition coefficient (Wildman–Crippen LogP) is 2.67. The molecule has 0 radical (unpaired) electrons. The molecule has 0 bridgehead atoms. The van der Waals surface area contributed by atoms with Crippen molar-refractivity contribution < 1.29 is 14.0 Å². The van der Waals surface area contributed by atoms with E-state index in [0.29, 0.717) is 38.0 Å². The van der Waals surface area contributed by atoms with E-state index in [-0.39, 0.29) is 23.7 Å². The minimum atomic E-state index is -0.271. The number of carbonyl (C=O) groups is 2. The van der Waals surface area contributed by atoms with Crippen LogP contribution in [0.5, 0.6) is 0 Å². The molecule has 0 spiro atoms. The average Bonchev–Trinajstić information content (AvgIpc) is 2.93. The Hall–Kier alpha value is -2.83. The fourth-order valence-electron chi connectivity index (χ4n) is 3.32. The van der Waals surface area contributed by atoms with E-state index < -0.39 is 0 Å². The lowest BCUT2D eigenvalue weighted by Crippen LogP contribution is -2.37. The molecule has 0 aliphatic carbocycles. The number of rotatable bonds is 5. The number of amides is 2. The van der Waals surface area contributed by atoms with E-state index in [0.717, 1.165) is 24.1 Å². The second kappa shape index (κ2) is 9.39. The van der Waals surface area contributed by atoms with Gasteiger partial charge in [0.25, 0.3) is 5.91 Å². The Labute approximate surface area is 164 Å². The van der Waals surface area contributed by atoms with Crippen LogP contribution in [0.15, 0.2) is 36.7 Å². The van der Waals surface area contributed by atoms with Crippen LogP contribution in [0, 0.1) is 12.7 Å². The molecule has 7 heteroatoms. The molecule has 28 heavy (non-hydrogen) atoms. The lowest BCUT2D eigenvalue weighted by Gasteiger charge is -2.21. The Morgan fingerprint density at radius 1 is 1.14 bits per heavy atom. The summed E-state index contributed by atoms with van der Waals surface area (Å²) in [6, 6.07) is 6.27. The summed E-state index contributed by atoms with van der Waals surface area (Å²) in [5.41, 5.74) is 2.02. The number of likely N-dealkylation sites (tertiary alicyclic amines) is 1. The zero-order valence-electron chi connectivity index (χ0n) is 16.0. The van der Waals surface area contributed by atoms with Gasteiger partial charge >= 0.3 is 0 Å². The fraction of sp³-hybridized carbons (Fsp3) is 0.429. The minimum Gasteiger partial charge on any atom is -0.348 e. The number of halogens is 1. The lowest BCUT2D eigenvalue weighted by atomic mass is 10.1. The number of aryl methyl sites for hydroxylation is 2. The Morgan fingerprint density at radius 3 is 2.64 bits per heavy atom. The summed E-state index contributed by atoms with van der Waals surface area (Å²) < 4.78 is 13.0. The highest BCUT2D eigenvalue weighted by molar-refractivity contribution is 5.92. The molecule has 0 saturated carbocycles. The number of aromatic nitrogens is 2. The van der Waals surface area contributed by atoms with Crippen LogP contribution in [-0.4, -0.2) is 45.8 Å². The fourth-order valence-corrected chi connectivity index (χ4v) is 3.32. The maximum absolute atomic E-state index is 13.0. The zero-order valence-corrected chi connectivity index (χ0v) is 16.0. The topological polar surface area (TPSA) is 75.2 Å². The minimum absolute atomic E-state index is 0.0190. The van der Waals surface area contributed by atoms with Gasteiger partial charge in [-0.2, -0.15) is 0 Å². The van der Waals surface area contributed by atoms with Crippen molar-refractivity contribution in [2.45, 2.75) is 45.1 Å². The van der Waals surface area contributed by atoms with E-state index in [9.17, 15) is 14.0 Å². The first-order valence-electron chi connectivity index (χ1n) is 9.63. The molecule has 1 aromatic heterocycles. The maximum Gasteiger partial charge on any atom is 0.271 e. The standard InChI is InChI=1S/C21H25FN4O2/c1-15-13-24-19(14-23-15)21(28)25-18-3-2-11-26(12-10-18)20(27)9-6-16-4-7-17(22)8-5-16/h4-5,7-8,13-14,18H,2-3,6,9-12H2,1H3,(H,25,28). The van der Waals surface area contributed by atoms with Crippen molar-refractivity contribution >= 4 is 11.8 Å². The van der Waals surface area contributed by atoms with Crippen LogP contribution in [0.25, 0.3) is 0 Å². The van der Waals surface area contributed by atoms with Crippen molar-refractivity contribution in [3.8, 4) is 0 Å². The number of nitrogens with zero attached hydrogens (tertiary/aromatic N) is 3. The van der Waals surface area contributed by atoms with Gasteiger partial charge in [0, 0.05) is 31.7 Å². The molecule has 1 atom stereocenters. The molecular formula is C21H25FN4O2. The average molecular weight is 384 g/mol. The van der Waals surface area contributed by atoms with Gasteiger partial charge < -0.3 is 10.2 Å². The van der Waals surface area contributed by atoms with Gasteiger partial charge in [-0.3, -0.25) is 14.6 Å². The first-order valence-corrected chi connectivity index (χ1v) is 9.63. The summed E-state index contributed by atoms with van der Waals surface area (Å²) >= 11 is 0. The number of benzene rings is 1. The van der Waals surface area contributed by atoms with Crippen LogP contribution in [0.3, 0.4) is 0 Å². The van der Waals surface area contributed by atoms with Gasteiger partial charge in [0.05, 0.1) is 11.9 Å². The van der Waals surface area contributed by atoms with Crippen molar-refractivity contribution in [2.24, 2.45) is 0 Å². The maximum atomic E-state index is 13.0. The largest absolute Gasteiger partial charge is 0.348 e. The lowest BCUT2D eigenvalue weighted by molar-refractivity contribution is -0.131. The van der Waals surface area contributed by atoms with E-state index in [1.165, 1.54) is 18.3 Å². The molecule has 1 N–H and O–H groups in total. The Kier molecular flexibility index (Phi) is 6.68. The van der Waals surface area contributed by atoms with Crippen molar-refractivity contribution in [1.82, 2.24) is 20.2 Å². The smallest absolute Gasteiger partial charge is 0.271 e. The third kappa shape index (κ3) is 5.58. The summed E-state index contributed by atoms with van der Waals surface area (Å²) in [7, 11) is 0. The van der Waals surface area contributed by atoms with Crippen LogP contribution in [-0.2, 0) is 11.2 Å². The first kappa shape index (κ1) is 19.9. The van der Waals surface area contributed by atoms with E-state index >= 15 is 0 Å². The molecule has 1 aromatic carbocycles. The second-order valence-electron chi connectivity index (χ2n) is 7.15. The van der Waals surface area contributed by atoms with Crippen molar-refractivity contribution in [1.29, 1.82) is 0 Å².